The van der Waals surface area contributed by atoms with Gasteiger partial charge in [-0.1, -0.05) is 25.4 Å². The van der Waals surface area contributed by atoms with Crippen LogP contribution in [0.15, 0.2) is 28.4 Å². The Balaban J connectivity index is 2.26. The summed E-state index contributed by atoms with van der Waals surface area (Å²) in [6.45, 7) is 4.42. The fourth-order valence-electron chi connectivity index (χ4n) is 2.97. The fraction of sp³-hybridized carbons (Fsp3) is 0.333. The topological polar surface area (TPSA) is 92.5 Å². The van der Waals surface area contributed by atoms with Crippen LogP contribution in [0.1, 0.15) is 31.5 Å². The van der Waals surface area contributed by atoms with Crippen LogP contribution in [0.2, 0.25) is 5.02 Å². The first kappa shape index (κ1) is 13.9. The number of nitrogens with one attached hydrogen (secondary N) is 1. The molecule has 5 nitrogen and oxygen atoms in total. The van der Waals surface area contributed by atoms with Crippen molar-refractivity contribution in [1.82, 2.24) is 4.98 Å². The molecule has 0 saturated carbocycles. The second-order valence-electron chi connectivity index (χ2n) is 6.26. The molecule has 1 aliphatic carbocycles. The van der Waals surface area contributed by atoms with Crippen molar-refractivity contribution in [2.75, 3.05) is 0 Å². The average molecular weight is 304 g/mol. The molecule has 110 valence electrons. The predicted molar refractivity (Wildman–Crippen MR) is 87.8 cm³/mol. The fourth-order valence-corrected chi connectivity index (χ4v) is 3.14. The summed E-state index contributed by atoms with van der Waals surface area (Å²) >= 11 is 6.13. The summed E-state index contributed by atoms with van der Waals surface area (Å²) in [6.07, 6.45) is 1.77. The molecule has 0 amide bonds. The summed E-state index contributed by atoms with van der Waals surface area (Å²) in [5.74, 6) is -0.0368. The van der Waals surface area contributed by atoms with Crippen molar-refractivity contribution in [3.8, 4) is 0 Å². The van der Waals surface area contributed by atoms with E-state index in [0.717, 1.165) is 40.7 Å². The molecule has 0 spiro atoms. The summed E-state index contributed by atoms with van der Waals surface area (Å²) in [7, 11) is 0. The molecular formula is C15H18ClN5. The molecule has 0 fully saturated rings. The van der Waals surface area contributed by atoms with Crippen molar-refractivity contribution in [2.45, 2.75) is 26.7 Å². The van der Waals surface area contributed by atoms with Crippen molar-refractivity contribution < 1.29 is 0 Å². The van der Waals surface area contributed by atoms with Crippen LogP contribution < -0.4 is 11.5 Å². The number of guanidine groups is 1. The van der Waals surface area contributed by atoms with E-state index in [4.69, 9.17) is 23.1 Å². The van der Waals surface area contributed by atoms with Gasteiger partial charge in [-0.3, -0.25) is 0 Å². The Hall–Kier alpha value is -2.01. The number of aromatic nitrogens is 1. The van der Waals surface area contributed by atoms with Crippen LogP contribution >= 0.6 is 11.6 Å². The summed E-state index contributed by atoms with van der Waals surface area (Å²) in [5.41, 5.74) is 15.1. The van der Waals surface area contributed by atoms with Gasteiger partial charge < -0.3 is 16.5 Å². The highest BCUT2D eigenvalue weighted by molar-refractivity contribution is 6.31. The molecule has 3 rings (SSSR count). The molecular weight excluding hydrogens is 286 g/mol. The molecule has 0 saturated heterocycles. The van der Waals surface area contributed by atoms with Crippen molar-refractivity contribution in [3.05, 3.63) is 34.5 Å². The van der Waals surface area contributed by atoms with Gasteiger partial charge in [0.25, 0.3) is 0 Å². The number of nitrogens with two attached hydrogens (primary N) is 2. The zero-order chi connectivity index (χ0) is 15.2. The van der Waals surface area contributed by atoms with E-state index >= 15 is 0 Å². The maximum atomic E-state index is 6.13. The highest BCUT2D eigenvalue weighted by Crippen LogP contribution is 2.39. The highest BCUT2D eigenvalue weighted by atomic mass is 35.5. The molecule has 0 unspecified atom stereocenters. The average Bonchev–Trinajstić information content (AvgIpc) is 2.71. The van der Waals surface area contributed by atoms with Gasteiger partial charge >= 0.3 is 0 Å². The van der Waals surface area contributed by atoms with Crippen LogP contribution in [0.5, 0.6) is 0 Å². The Bertz CT molecular complexity index is 766. The maximum absolute atomic E-state index is 6.13. The smallest absolute Gasteiger partial charge is 0.211 e. The van der Waals surface area contributed by atoms with Crippen LogP contribution in [0.3, 0.4) is 0 Å². The number of hydrogen-bond donors (Lipinski definition) is 3. The molecule has 2 aromatic rings. The van der Waals surface area contributed by atoms with Crippen molar-refractivity contribution in [3.63, 3.8) is 0 Å². The standard InChI is InChI=1S/C15H18ClN5/c1-15(2)6-11-13(12(7-15)20-21-14(17)18)9-5-8(16)3-4-10(9)19-11/h3-5,19H,6-7H2,1-2H3,(H4,17,18,21). The number of rotatable bonds is 1. The Morgan fingerprint density at radius 1 is 1.29 bits per heavy atom. The zero-order valence-electron chi connectivity index (χ0n) is 12.1. The minimum atomic E-state index is -0.0368. The monoisotopic (exact) mass is 303 g/mol. The van der Waals surface area contributed by atoms with Gasteiger partial charge in [-0.2, -0.15) is 5.10 Å². The van der Waals surface area contributed by atoms with E-state index in [-0.39, 0.29) is 11.4 Å². The quantitative estimate of drug-likeness (QED) is 0.429. The maximum Gasteiger partial charge on any atom is 0.211 e. The first-order valence-electron chi connectivity index (χ1n) is 6.82. The summed E-state index contributed by atoms with van der Waals surface area (Å²) in [5, 5.41) is 9.87. The van der Waals surface area contributed by atoms with E-state index in [9.17, 15) is 0 Å². The normalized spacial score (nSPS) is 18.7. The van der Waals surface area contributed by atoms with Gasteiger partial charge in [0.05, 0.1) is 5.71 Å². The Kier molecular flexibility index (Phi) is 3.17. The van der Waals surface area contributed by atoms with Gasteiger partial charge in [0.15, 0.2) is 0 Å². The van der Waals surface area contributed by atoms with Crippen LogP contribution in [-0.2, 0) is 6.42 Å². The molecule has 21 heavy (non-hydrogen) atoms. The molecule has 1 heterocycles. The van der Waals surface area contributed by atoms with E-state index in [1.54, 1.807) is 0 Å². The lowest BCUT2D eigenvalue weighted by molar-refractivity contribution is 0.369. The summed E-state index contributed by atoms with van der Waals surface area (Å²) in [4.78, 5) is 3.47. The largest absolute Gasteiger partial charge is 0.369 e. The van der Waals surface area contributed by atoms with Crippen LogP contribution in [0.25, 0.3) is 10.9 Å². The van der Waals surface area contributed by atoms with E-state index in [2.05, 4.69) is 29.0 Å². The molecule has 1 aromatic carbocycles. The minimum absolute atomic E-state index is 0.0368. The molecule has 0 aliphatic heterocycles. The van der Waals surface area contributed by atoms with Gasteiger partial charge in [-0.15, -0.1) is 5.10 Å². The molecule has 1 aromatic heterocycles. The van der Waals surface area contributed by atoms with Crippen molar-refractivity contribution in [2.24, 2.45) is 27.1 Å². The van der Waals surface area contributed by atoms with E-state index in [1.807, 2.05) is 18.2 Å². The minimum Gasteiger partial charge on any atom is -0.369 e. The molecule has 6 heteroatoms. The molecule has 0 bridgehead atoms. The van der Waals surface area contributed by atoms with E-state index in [0.29, 0.717) is 5.02 Å². The van der Waals surface area contributed by atoms with Crippen LogP contribution in [0, 0.1) is 5.41 Å². The van der Waals surface area contributed by atoms with Crippen molar-refractivity contribution in [1.29, 1.82) is 0 Å². The zero-order valence-corrected chi connectivity index (χ0v) is 12.8. The molecule has 5 N–H and O–H groups in total. The first-order chi connectivity index (χ1) is 9.85. The van der Waals surface area contributed by atoms with E-state index in [1.165, 1.54) is 0 Å². The number of H-pyrrole nitrogens is 1. The third-order valence-corrected chi connectivity index (χ3v) is 3.95. The lowest BCUT2D eigenvalue weighted by Crippen LogP contribution is -2.27. The Morgan fingerprint density at radius 2 is 2.05 bits per heavy atom. The third-order valence-electron chi connectivity index (χ3n) is 3.71. The SMILES string of the molecule is CC1(C)CC(=NN=C(N)N)c2c([nH]c3ccc(Cl)cc23)C1. The second kappa shape index (κ2) is 4.77. The van der Waals surface area contributed by atoms with Gasteiger partial charge in [-0.05, 0) is 36.5 Å². The second-order valence-corrected chi connectivity index (χ2v) is 6.69. The number of aromatic amines is 1. The molecule has 1 aliphatic rings. The number of benzene rings is 1. The first-order valence-corrected chi connectivity index (χ1v) is 7.19. The Morgan fingerprint density at radius 3 is 2.76 bits per heavy atom. The number of hydrogen-bond acceptors (Lipinski definition) is 2. The molecule has 0 atom stereocenters. The highest BCUT2D eigenvalue weighted by Gasteiger charge is 2.32. The van der Waals surface area contributed by atoms with Gasteiger partial charge in [0.2, 0.25) is 5.96 Å². The van der Waals surface area contributed by atoms with Gasteiger partial charge in [-0.25, -0.2) is 0 Å². The van der Waals surface area contributed by atoms with Crippen LogP contribution in [0.4, 0.5) is 0 Å². The van der Waals surface area contributed by atoms with Crippen LogP contribution in [-0.4, -0.2) is 16.7 Å². The number of halogens is 1. The lowest BCUT2D eigenvalue weighted by atomic mass is 9.75. The molecule has 0 radical (unpaired) electrons. The van der Waals surface area contributed by atoms with Crippen molar-refractivity contribution >= 4 is 34.2 Å². The summed E-state index contributed by atoms with van der Waals surface area (Å²) in [6, 6.07) is 5.82. The Labute approximate surface area is 128 Å². The number of nitrogens with zero attached hydrogens (tertiary/aromatic N) is 2. The lowest BCUT2D eigenvalue weighted by Gasteiger charge is -2.30. The van der Waals surface area contributed by atoms with Gasteiger partial charge in [0.1, 0.15) is 0 Å². The predicted octanol–water partition coefficient (Wildman–Crippen LogP) is 2.77. The van der Waals surface area contributed by atoms with Gasteiger partial charge in [0, 0.05) is 27.2 Å². The third kappa shape index (κ3) is 2.61. The van der Waals surface area contributed by atoms with E-state index < -0.39 is 0 Å². The number of fused-ring (bicyclic) bond motifs is 3. The summed E-state index contributed by atoms with van der Waals surface area (Å²) < 4.78 is 0.